The second kappa shape index (κ2) is 6.28. The summed E-state index contributed by atoms with van der Waals surface area (Å²) in [6.07, 6.45) is 0. The van der Waals surface area contributed by atoms with Gasteiger partial charge in [0.05, 0.1) is 12.3 Å². The Morgan fingerprint density at radius 1 is 0.923 bits per heavy atom. The van der Waals surface area contributed by atoms with Gasteiger partial charge in [0.2, 0.25) is 0 Å². The molecule has 1 heterocycles. The number of hydrogen-bond acceptors (Lipinski definition) is 4. The summed E-state index contributed by atoms with van der Waals surface area (Å²) in [6, 6.07) is 16.3. The SMILES string of the molecule is Cc1ccc(N2C(=O)c3cccc4c(NCCO)ccc(c34)C2=O)cc1. The Hall–Kier alpha value is -3.18. The van der Waals surface area contributed by atoms with E-state index >= 15 is 0 Å². The molecule has 3 aromatic rings. The van der Waals surface area contributed by atoms with Crippen LogP contribution in [0.25, 0.3) is 10.8 Å². The molecule has 0 saturated heterocycles. The molecular weight excluding hydrogens is 328 g/mol. The minimum atomic E-state index is -0.323. The van der Waals surface area contributed by atoms with Gasteiger partial charge >= 0.3 is 0 Å². The number of aliphatic hydroxyl groups is 1. The van der Waals surface area contributed by atoms with Gasteiger partial charge in [-0.2, -0.15) is 0 Å². The van der Waals surface area contributed by atoms with E-state index in [0.717, 1.165) is 16.6 Å². The van der Waals surface area contributed by atoms with E-state index in [4.69, 9.17) is 5.11 Å². The molecule has 0 fully saturated rings. The number of aliphatic hydroxyl groups excluding tert-OH is 1. The Kier molecular flexibility index (Phi) is 3.93. The summed E-state index contributed by atoms with van der Waals surface area (Å²) in [7, 11) is 0. The molecule has 0 spiro atoms. The van der Waals surface area contributed by atoms with Gasteiger partial charge < -0.3 is 10.4 Å². The summed E-state index contributed by atoms with van der Waals surface area (Å²) >= 11 is 0. The Balaban J connectivity index is 1.89. The highest BCUT2D eigenvalue weighted by Gasteiger charge is 2.34. The van der Waals surface area contributed by atoms with Crippen molar-refractivity contribution in [3.63, 3.8) is 0 Å². The van der Waals surface area contributed by atoms with Crippen molar-refractivity contribution in [1.29, 1.82) is 0 Å². The molecule has 1 aliphatic rings. The van der Waals surface area contributed by atoms with Gasteiger partial charge in [-0.05, 0) is 37.3 Å². The minimum Gasteiger partial charge on any atom is -0.395 e. The number of aryl methyl sites for hydroxylation is 1. The van der Waals surface area contributed by atoms with Crippen molar-refractivity contribution in [3.8, 4) is 0 Å². The van der Waals surface area contributed by atoms with Crippen LogP contribution in [-0.4, -0.2) is 30.1 Å². The summed E-state index contributed by atoms with van der Waals surface area (Å²) in [4.78, 5) is 27.4. The molecule has 26 heavy (non-hydrogen) atoms. The van der Waals surface area contributed by atoms with Crippen LogP contribution in [0.1, 0.15) is 26.3 Å². The maximum absolute atomic E-state index is 13.1. The van der Waals surface area contributed by atoms with E-state index in [-0.39, 0.29) is 18.4 Å². The highest BCUT2D eigenvalue weighted by molar-refractivity contribution is 6.36. The normalized spacial score (nSPS) is 13.4. The largest absolute Gasteiger partial charge is 0.395 e. The van der Waals surface area contributed by atoms with Gasteiger partial charge in [0, 0.05) is 34.1 Å². The quantitative estimate of drug-likeness (QED) is 0.711. The van der Waals surface area contributed by atoms with Crippen molar-refractivity contribution in [2.45, 2.75) is 6.92 Å². The molecule has 1 aliphatic heterocycles. The lowest BCUT2D eigenvalue weighted by atomic mass is 9.92. The van der Waals surface area contributed by atoms with E-state index in [2.05, 4.69) is 5.32 Å². The number of nitrogens with one attached hydrogen (secondary N) is 1. The summed E-state index contributed by atoms with van der Waals surface area (Å²) in [5.41, 5.74) is 3.43. The fourth-order valence-electron chi connectivity index (χ4n) is 3.37. The van der Waals surface area contributed by atoms with Crippen molar-refractivity contribution in [3.05, 3.63) is 71.3 Å². The number of carbonyl (C=O) groups excluding carboxylic acids is 2. The molecule has 0 aliphatic carbocycles. The maximum Gasteiger partial charge on any atom is 0.265 e. The number of amides is 2. The second-order valence-corrected chi connectivity index (χ2v) is 6.32. The lowest BCUT2D eigenvalue weighted by Gasteiger charge is -2.28. The van der Waals surface area contributed by atoms with E-state index in [9.17, 15) is 9.59 Å². The van der Waals surface area contributed by atoms with E-state index in [0.29, 0.717) is 28.7 Å². The first kappa shape index (κ1) is 16.3. The molecular formula is C21H18N2O3. The average Bonchev–Trinajstić information content (AvgIpc) is 2.66. The highest BCUT2D eigenvalue weighted by atomic mass is 16.3. The number of nitrogens with zero attached hydrogens (tertiary/aromatic N) is 1. The van der Waals surface area contributed by atoms with Crippen LogP contribution in [0.15, 0.2) is 54.6 Å². The molecule has 3 aromatic carbocycles. The zero-order valence-corrected chi connectivity index (χ0v) is 14.3. The van der Waals surface area contributed by atoms with E-state index < -0.39 is 0 Å². The number of benzene rings is 3. The maximum atomic E-state index is 13.1. The zero-order chi connectivity index (χ0) is 18.3. The number of rotatable bonds is 4. The molecule has 0 aromatic heterocycles. The van der Waals surface area contributed by atoms with Crippen LogP contribution < -0.4 is 10.2 Å². The highest BCUT2D eigenvalue weighted by Crippen LogP contribution is 2.36. The topological polar surface area (TPSA) is 69.6 Å². The number of anilines is 2. The smallest absolute Gasteiger partial charge is 0.265 e. The van der Waals surface area contributed by atoms with Crippen LogP contribution in [0.5, 0.6) is 0 Å². The van der Waals surface area contributed by atoms with Gasteiger partial charge in [-0.3, -0.25) is 9.59 Å². The summed E-state index contributed by atoms with van der Waals surface area (Å²) in [6.45, 7) is 2.36. The Labute approximate surface area is 150 Å². The molecule has 4 rings (SSSR count). The molecule has 0 radical (unpaired) electrons. The molecule has 0 bridgehead atoms. The monoisotopic (exact) mass is 346 g/mol. The van der Waals surface area contributed by atoms with Crippen LogP contribution >= 0.6 is 0 Å². The standard InChI is InChI=1S/C21H18N2O3/c1-13-5-7-14(8-6-13)23-20(25)16-4-2-3-15-18(22-11-12-24)10-9-17(19(15)16)21(23)26/h2-10,22,24H,11-12H2,1H3. The third-order valence-corrected chi connectivity index (χ3v) is 4.63. The van der Waals surface area contributed by atoms with E-state index in [1.165, 1.54) is 4.90 Å². The predicted octanol–water partition coefficient (Wildman–Crippen LogP) is 3.35. The molecule has 2 amide bonds. The Morgan fingerprint density at radius 3 is 2.31 bits per heavy atom. The third kappa shape index (κ3) is 2.45. The lowest BCUT2D eigenvalue weighted by Crippen LogP contribution is -2.40. The van der Waals surface area contributed by atoms with Crippen molar-refractivity contribution in [2.75, 3.05) is 23.4 Å². The van der Waals surface area contributed by atoms with Crippen LogP contribution in [0.3, 0.4) is 0 Å². The van der Waals surface area contributed by atoms with Gasteiger partial charge in [0.15, 0.2) is 0 Å². The van der Waals surface area contributed by atoms with Crippen LogP contribution in [0, 0.1) is 6.92 Å². The zero-order valence-electron chi connectivity index (χ0n) is 14.3. The minimum absolute atomic E-state index is 0.00198. The van der Waals surface area contributed by atoms with Gasteiger partial charge in [-0.1, -0.05) is 29.8 Å². The Morgan fingerprint density at radius 2 is 1.62 bits per heavy atom. The number of hydrogen-bond donors (Lipinski definition) is 2. The third-order valence-electron chi connectivity index (χ3n) is 4.63. The second-order valence-electron chi connectivity index (χ2n) is 6.32. The fourth-order valence-corrected chi connectivity index (χ4v) is 3.37. The van der Waals surface area contributed by atoms with Crippen LogP contribution in [0.4, 0.5) is 11.4 Å². The van der Waals surface area contributed by atoms with E-state index in [1.807, 2.05) is 37.3 Å². The lowest BCUT2D eigenvalue weighted by molar-refractivity contribution is 0.0893. The van der Waals surface area contributed by atoms with Crippen molar-refractivity contribution < 1.29 is 14.7 Å². The summed E-state index contributed by atoms with van der Waals surface area (Å²) < 4.78 is 0. The van der Waals surface area contributed by atoms with Gasteiger partial charge in [-0.25, -0.2) is 4.90 Å². The molecule has 5 heteroatoms. The summed E-state index contributed by atoms with van der Waals surface area (Å²) in [5.74, 6) is -0.646. The number of imide groups is 1. The van der Waals surface area contributed by atoms with Crippen LogP contribution in [0.2, 0.25) is 0 Å². The van der Waals surface area contributed by atoms with Crippen molar-refractivity contribution >= 4 is 34.0 Å². The fraction of sp³-hybridized carbons (Fsp3) is 0.143. The van der Waals surface area contributed by atoms with Crippen molar-refractivity contribution in [2.24, 2.45) is 0 Å². The molecule has 0 saturated carbocycles. The first-order valence-electron chi connectivity index (χ1n) is 8.47. The van der Waals surface area contributed by atoms with E-state index in [1.54, 1.807) is 24.3 Å². The molecule has 0 atom stereocenters. The molecule has 130 valence electrons. The number of carbonyl (C=O) groups is 2. The van der Waals surface area contributed by atoms with Gasteiger partial charge in [0.25, 0.3) is 11.8 Å². The first-order valence-corrected chi connectivity index (χ1v) is 8.47. The van der Waals surface area contributed by atoms with Gasteiger partial charge in [0.1, 0.15) is 0 Å². The molecule has 2 N–H and O–H groups in total. The summed E-state index contributed by atoms with van der Waals surface area (Å²) in [5, 5.41) is 13.7. The van der Waals surface area contributed by atoms with Crippen molar-refractivity contribution in [1.82, 2.24) is 0 Å². The average molecular weight is 346 g/mol. The molecule has 0 unspecified atom stereocenters. The Bertz CT molecular complexity index is 1000. The molecule has 5 nitrogen and oxygen atoms in total. The predicted molar refractivity (Wildman–Crippen MR) is 102 cm³/mol. The van der Waals surface area contributed by atoms with Gasteiger partial charge in [-0.15, -0.1) is 0 Å². The van der Waals surface area contributed by atoms with Crippen LogP contribution in [-0.2, 0) is 0 Å². The first-order chi connectivity index (χ1) is 12.6.